The van der Waals surface area contributed by atoms with E-state index in [0.29, 0.717) is 11.5 Å². The second-order valence-corrected chi connectivity index (χ2v) is 3.44. The van der Waals surface area contributed by atoms with Gasteiger partial charge in [0.15, 0.2) is 5.76 Å². The zero-order chi connectivity index (χ0) is 10.8. The molecule has 0 radical (unpaired) electrons. The summed E-state index contributed by atoms with van der Waals surface area (Å²) in [5.74, 6) is 1.56. The van der Waals surface area contributed by atoms with E-state index in [-0.39, 0.29) is 12.2 Å². The number of ketones is 1. The van der Waals surface area contributed by atoms with Crippen molar-refractivity contribution in [3.8, 4) is 0 Å². The molecule has 4 heteroatoms. The van der Waals surface area contributed by atoms with E-state index in [9.17, 15) is 4.79 Å². The Balaban J connectivity index is 2.10. The highest BCUT2D eigenvalue weighted by Crippen LogP contribution is 2.11. The van der Waals surface area contributed by atoms with Gasteiger partial charge in [0.05, 0.1) is 12.1 Å². The molecule has 0 amide bonds. The molecule has 0 unspecified atom stereocenters. The number of nitrogens with zero attached hydrogens (tertiary/aromatic N) is 1. The SMILES string of the molecule is Cc1cc(CC(=O)c2ccc(C)o2)on1. The minimum absolute atomic E-state index is 0.0979. The number of carbonyl (C=O) groups is 1. The molecule has 0 aliphatic heterocycles. The Hall–Kier alpha value is -1.84. The zero-order valence-corrected chi connectivity index (χ0v) is 8.61. The predicted octanol–water partition coefficient (Wildman–Crippen LogP) is 2.31. The van der Waals surface area contributed by atoms with Crippen LogP contribution < -0.4 is 0 Å². The topological polar surface area (TPSA) is 56.2 Å². The monoisotopic (exact) mass is 205 g/mol. The predicted molar refractivity (Wildman–Crippen MR) is 52.7 cm³/mol. The molecule has 2 aromatic rings. The molecular weight excluding hydrogens is 194 g/mol. The van der Waals surface area contributed by atoms with Gasteiger partial charge in [0, 0.05) is 6.07 Å². The van der Waals surface area contributed by atoms with Crippen molar-refractivity contribution in [1.29, 1.82) is 0 Å². The zero-order valence-electron chi connectivity index (χ0n) is 8.61. The standard InChI is InChI=1S/C11H11NO3/c1-7-5-9(15-12-7)6-10(13)11-4-3-8(2)14-11/h3-5H,6H2,1-2H3. The quantitative estimate of drug-likeness (QED) is 0.721. The Kier molecular flexibility index (Phi) is 2.41. The molecule has 15 heavy (non-hydrogen) atoms. The molecule has 0 N–H and O–H groups in total. The maximum absolute atomic E-state index is 11.7. The van der Waals surface area contributed by atoms with Crippen LogP contribution in [0.3, 0.4) is 0 Å². The molecule has 2 heterocycles. The molecule has 0 saturated heterocycles. The van der Waals surface area contributed by atoms with Crippen molar-refractivity contribution in [3.63, 3.8) is 0 Å². The van der Waals surface area contributed by atoms with Crippen molar-refractivity contribution in [2.24, 2.45) is 0 Å². The molecule has 78 valence electrons. The van der Waals surface area contributed by atoms with Crippen molar-refractivity contribution in [2.75, 3.05) is 0 Å². The fourth-order valence-corrected chi connectivity index (χ4v) is 1.33. The highest BCUT2D eigenvalue weighted by molar-refractivity contribution is 5.94. The van der Waals surface area contributed by atoms with E-state index in [2.05, 4.69) is 5.16 Å². The summed E-state index contributed by atoms with van der Waals surface area (Å²) in [6.07, 6.45) is 0.188. The van der Waals surface area contributed by atoms with Crippen LogP contribution in [-0.2, 0) is 6.42 Å². The first-order chi connectivity index (χ1) is 7.15. The molecule has 0 spiro atoms. The van der Waals surface area contributed by atoms with E-state index in [1.807, 2.05) is 6.92 Å². The molecule has 2 aromatic heterocycles. The first-order valence-electron chi connectivity index (χ1n) is 4.67. The number of Topliss-reactive ketones (excluding diaryl/α,β-unsaturated/α-hetero) is 1. The molecule has 0 atom stereocenters. The Morgan fingerprint density at radius 1 is 1.40 bits per heavy atom. The summed E-state index contributed by atoms with van der Waals surface area (Å²) in [5.41, 5.74) is 0.772. The summed E-state index contributed by atoms with van der Waals surface area (Å²) in [7, 11) is 0. The van der Waals surface area contributed by atoms with Gasteiger partial charge in [-0.2, -0.15) is 0 Å². The first-order valence-corrected chi connectivity index (χ1v) is 4.67. The van der Waals surface area contributed by atoms with Crippen LogP contribution in [-0.4, -0.2) is 10.9 Å². The number of rotatable bonds is 3. The molecule has 0 aromatic carbocycles. The van der Waals surface area contributed by atoms with Crippen molar-refractivity contribution in [2.45, 2.75) is 20.3 Å². The smallest absolute Gasteiger partial charge is 0.205 e. The second kappa shape index (κ2) is 3.73. The van der Waals surface area contributed by atoms with Crippen LogP contribution in [0.15, 0.2) is 27.1 Å². The number of hydrogen-bond acceptors (Lipinski definition) is 4. The molecule has 4 nitrogen and oxygen atoms in total. The van der Waals surface area contributed by atoms with Crippen LogP contribution in [0.5, 0.6) is 0 Å². The first kappa shape index (κ1) is 9.71. The highest BCUT2D eigenvalue weighted by Gasteiger charge is 2.13. The van der Waals surface area contributed by atoms with Crippen LogP contribution in [0, 0.1) is 13.8 Å². The highest BCUT2D eigenvalue weighted by atomic mass is 16.5. The van der Waals surface area contributed by atoms with Gasteiger partial charge in [0.25, 0.3) is 0 Å². The van der Waals surface area contributed by atoms with Crippen LogP contribution >= 0.6 is 0 Å². The molecule has 0 fully saturated rings. The van der Waals surface area contributed by atoms with Gasteiger partial charge >= 0.3 is 0 Å². The second-order valence-electron chi connectivity index (χ2n) is 3.44. The maximum Gasteiger partial charge on any atom is 0.205 e. The molecule has 0 aliphatic carbocycles. The Morgan fingerprint density at radius 3 is 2.73 bits per heavy atom. The van der Waals surface area contributed by atoms with Gasteiger partial charge in [0.2, 0.25) is 5.78 Å². The lowest BCUT2D eigenvalue weighted by Crippen LogP contribution is -2.00. The number of furan rings is 1. The van der Waals surface area contributed by atoms with E-state index in [0.717, 1.165) is 11.5 Å². The summed E-state index contributed by atoms with van der Waals surface area (Å²) >= 11 is 0. The summed E-state index contributed by atoms with van der Waals surface area (Å²) in [6, 6.07) is 5.17. The number of aromatic nitrogens is 1. The van der Waals surface area contributed by atoms with Crippen molar-refractivity contribution >= 4 is 5.78 Å². The third-order valence-corrected chi connectivity index (χ3v) is 2.03. The van der Waals surface area contributed by atoms with Crippen LogP contribution in [0.2, 0.25) is 0 Å². The van der Waals surface area contributed by atoms with E-state index in [1.165, 1.54) is 0 Å². The molecule has 0 saturated carbocycles. The molecule has 2 rings (SSSR count). The fraction of sp³-hybridized carbons (Fsp3) is 0.273. The minimum atomic E-state index is -0.0979. The number of aryl methyl sites for hydroxylation is 2. The van der Waals surface area contributed by atoms with Gasteiger partial charge < -0.3 is 8.94 Å². The van der Waals surface area contributed by atoms with Gasteiger partial charge in [0.1, 0.15) is 11.5 Å². The summed E-state index contributed by atoms with van der Waals surface area (Å²) in [5, 5.41) is 3.71. The van der Waals surface area contributed by atoms with E-state index in [1.54, 1.807) is 25.1 Å². The lowest BCUT2D eigenvalue weighted by molar-refractivity contribution is 0.0956. The summed E-state index contributed by atoms with van der Waals surface area (Å²) in [4.78, 5) is 11.7. The molecule has 0 bridgehead atoms. The van der Waals surface area contributed by atoms with Crippen LogP contribution in [0.1, 0.15) is 27.8 Å². The van der Waals surface area contributed by atoms with Crippen LogP contribution in [0.25, 0.3) is 0 Å². The van der Waals surface area contributed by atoms with E-state index >= 15 is 0 Å². The van der Waals surface area contributed by atoms with Crippen molar-refractivity contribution < 1.29 is 13.7 Å². The third-order valence-electron chi connectivity index (χ3n) is 2.03. The van der Waals surface area contributed by atoms with Crippen molar-refractivity contribution in [1.82, 2.24) is 5.16 Å². The average Bonchev–Trinajstić information content (AvgIpc) is 2.75. The van der Waals surface area contributed by atoms with Crippen molar-refractivity contribution in [3.05, 3.63) is 41.2 Å². The van der Waals surface area contributed by atoms with Gasteiger partial charge in [-0.25, -0.2) is 0 Å². The molecular formula is C11H11NO3. The number of carbonyl (C=O) groups excluding carboxylic acids is 1. The Morgan fingerprint density at radius 2 is 2.20 bits per heavy atom. The number of hydrogen-bond donors (Lipinski definition) is 0. The van der Waals surface area contributed by atoms with Crippen LogP contribution in [0.4, 0.5) is 0 Å². The van der Waals surface area contributed by atoms with E-state index in [4.69, 9.17) is 8.94 Å². The third kappa shape index (κ3) is 2.15. The fourth-order valence-electron chi connectivity index (χ4n) is 1.33. The maximum atomic E-state index is 11.7. The lowest BCUT2D eigenvalue weighted by Gasteiger charge is -1.92. The Bertz CT molecular complexity index is 481. The summed E-state index contributed by atoms with van der Waals surface area (Å²) in [6.45, 7) is 3.61. The lowest BCUT2D eigenvalue weighted by atomic mass is 10.2. The largest absolute Gasteiger partial charge is 0.458 e. The van der Waals surface area contributed by atoms with E-state index < -0.39 is 0 Å². The Labute approximate surface area is 86.9 Å². The normalized spacial score (nSPS) is 10.5. The van der Waals surface area contributed by atoms with Gasteiger partial charge in [-0.05, 0) is 26.0 Å². The van der Waals surface area contributed by atoms with Gasteiger partial charge in [-0.1, -0.05) is 5.16 Å². The minimum Gasteiger partial charge on any atom is -0.458 e. The molecule has 0 aliphatic rings. The average molecular weight is 205 g/mol. The summed E-state index contributed by atoms with van der Waals surface area (Å²) < 4.78 is 10.2. The van der Waals surface area contributed by atoms with Gasteiger partial charge in [-0.3, -0.25) is 4.79 Å². The van der Waals surface area contributed by atoms with Gasteiger partial charge in [-0.15, -0.1) is 0 Å².